The van der Waals surface area contributed by atoms with Gasteiger partial charge >= 0.3 is 5.97 Å². The second kappa shape index (κ2) is 7.32. The monoisotopic (exact) mass is 334 g/mol. The number of carbonyl (C=O) groups excluding carboxylic acids is 1. The zero-order valence-electron chi connectivity index (χ0n) is 14.7. The normalized spacial score (nSPS) is 24.7. The molecular formula is C19H26O5. The predicted molar refractivity (Wildman–Crippen MR) is 89.7 cm³/mol. The van der Waals surface area contributed by atoms with Gasteiger partial charge in [-0.3, -0.25) is 4.79 Å². The third-order valence-corrected chi connectivity index (χ3v) is 5.30. The molecule has 0 N–H and O–H groups in total. The Morgan fingerprint density at radius 3 is 2.25 bits per heavy atom. The van der Waals surface area contributed by atoms with Gasteiger partial charge in [0, 0.05) is 6.42 Å². The number of benzene rings is 1. The van der Waals surface area contributed by atoms with Crippen molar-refractivity contribution < 1.29 is 23.7 Å². The Balaban J connectivity index is 1.58. The van der Waals surface area contributed by atoms with Crippen LogP contribution in [0.2, 0.25) is 0 Å². The molecule has 2 fully saturated rings. The van der Waals surface area contributed by atoms with E-state index in [0.29, 0.717) is 36.0 Å². The summed E-state index contributed by atoms with van der Waals surface area (Å²) in [6.45, 7) is 0. The maximum atomic E-state index is 12.2. The maximum absolute atomic E-state index is 12.2. The first-order chi connectivity index (χ1) is 11.6. The smallest absolute Gasteiger partial charge is 0.306 e. The van der Waals surface area contributed by atoms with Crippen LogP contribution in [0.25, 0.3) is 0 Å². The molecule has 2 saturated carbocycles. The van der Waals surface area contributed by atoms with Crippen LogP contribution in [0.15, 0.2) is 12.1 Å². The number of methoxy groups -OCH3 is 3. The van der Waals surface area contributed by atoms with Gasteiger partial charge in [-0.1, -0.05) is 0 Å². The molecular weight excluding hydrogens is 308 g/mol. The fraction of sp³-hybridized carbons (Fsp3) is 0.632. The Labute approximate surface area is 143 Å². The van der Waals surface area contributed by atoms with Gasteiger partial charge in [-0.25, -0.2) is 0 Å². The fourth-order valence-electron chi connectivity index (χ4n) is 4.08. The van der Waals surface area contributed by atoms with Crippen LogP contribution in [0, 0.1) is 11.8 Å². The Hall–Kier alpha value is -1.91. The van der Waals surface area contributed by atoms with Gasteiger partial charge in [0.25, 0.3) is 0 Å². The average Bonchev–Trinajstić information content (AvgIpc) is 3.21. The lowest BCUT2D eigenvalue weighted by Crippen LogP contribution is -2.24. The van der Waals surface area contributed by atoms with Crippen LogP contribution < -0.4 is 14.2 Å². The zero-order chi connectivity index (χ0) is 17.1. The predicted octanol–water partition coefficient (Wildman–Crippen LogP) is 3.38. The summed E-state index contributed by atoms with van der Waals surface area (Å²) in [6.07, 6.45) is 5.93. The van der Waals surface area contributed by atoms with E-state index in [1.807, 2.05) is 12.1 Å². The number of esters is 1. The second-order valence-electron chi connectivity index (χ2n) is 6.74. The van der Waals surface area contributed by atoms with Crippen molar-refractivity contribution in [1.82, 2.24) is 0 Å². The van der Waals surface area contributed by atoms with E-state index in [4.69, 9.17) is 18.9 Å². The molecule has 2 bridgehead atoms. The first-order valence-corrected chi connectivity index (χ1v) is 8.63. The SMILES string of the molecule is COc1cc(CCC(=O)OC2CC3CCC2C3)cc(OC)c1OC. The molecule has 3 unspecified atom stereocenters. The summed E-state index contributed by atoms with van der Waals surface area (Å²) in [5.74, 6) is 3.04. The van der Waals surface area contributed by atoms with Gasteiger partial charge in [-0.15, -0.1) is 0 Å². The second-order valence-corrected chi connectivity index (χ2v) is 6.74. The zero-order valence-corrected chi connectivity index (χ0v) is 14.7. The van der Waals surface area contributed by atoms with Gasteiger partial charge < -0.3 is 18.9 Å². The van der Waals surface area contributed by atoms with Crippen LogP contribution in [0.3, 0.4) is 0 Å². The first kappa shape index (κ1) is 16.9. The molecule has 24 heavy (non-hydrogen) atoms. The van der Waals surface area contributed by atoms with E-state index < -0.39 is 0 Å². The van der Waals surface area contributed by atoms with Crippen LogP contribution in [0.1, 0.15) is 37.7 Å². The molecule has 0 saturated heterocycles. The summed E-state index contributed by atoms with van der Waals surface area (Å²) in [6, 6.07) is 3.76. The highest BCUT2D eigenvalue weighted by Crippen LogP contribution is 2.46. The summed E-state index contributed by atoms with van der Waals surface area (Å²) in [4.78, 5) is 12.2. The summed E-state index contributed by atoms with van der Waals surface area (Å²) < 4.78 is 21.7. The van der Waals surface area contributed by atoms with Crippen molar-refractivity contribution >= 4 is 5.97 Å². The number of aryl methyl sites for hydroxylation is 1. The van der Waals surface area contributed by atoms with Crippen molar-refractivity contribution in [3.05, 3.63) is 17.7 Å². The summed E-state index contributed by atoms with van der Waals surface area (Å²) >= 11 is 0. The fourth-order valence-corrected chi connectivity index (χ4v) is 4.08. The molecule has 3 rings (SSSR count). The van der Waals surface area contributed by atoms with Crippen LogP contribution in [0.5, 0.6) is 17.2 Å². The lowest BCUT2D eigenvalue weighted by Gasteiger charge is -2.22. The van der Waals surface area contributed by atoms with Crippen molar-refractivity contribution in [3.63, 3.8) is 0 Å². The van der Waals surface area contributed by atoms with E-state index in [9.17, 15) is 4.79 Å². The number of hydrogen-bond donors (Lipinski definition) is 0. The van der Waals surface area contributed by atoms with E-state index in [1.54, 1.807) is 21.3 Å². The van der Waals surface area contributed by atoms with Crippen LogP contribution >= 0.6 is 0 Å². The van der Waals surface area contributed by atoms with Gasteiger partial charge in [0.05, 0.1) is 21.3 Å². The Morgan fingerprint density at radius 1 is 1.04 bits per heavy atom. The molecule has 0 aromatic heterocycles. The molecule has 5 heteroatoms. The first-order valence-electron chi connectivity index (χ1n) is 8.63. The van der Waals surface area contributed by atoms with E-state index in [2.05, 4.69) is 0 Å². The van der Waals surface area contributed by atoms with E-state index in [0.717, 1.165) is 17.9 Å². The Kier molecular flexibility index (Phi) is 5.17. The molecule has 0 heterocycles. The quantitative estimate of drug-likeness (QED) is 0.716. The van der Waals surface area contributed by atoms with E-state index >= 15 is 0 Å². The van der Waals surface area contributed by atoms with Crippen molar-refractivity contribution in [3.8, 4) is 17.2 Å². The number of fused-ring (bicyclic) bond motifs is 2. The lowest BCUT2D eigenvalue weighted by molar-refractivity contribution is -0.151. The van der Waals surface area contributed by atoms with Gasteiger partial charge in [0.1, 0.15) is 6.10 Å². The minimum Gasteiger partial charge on any atom is -0.493 e. The van der Waals surface area contributed by atoms with Gasteiger partial charge in [-0.2, -0.15) is 0 Å². The molecule has 3 atom stereocenters. The number of carbonyl (C=O) groups is 1. The van der Waals surface area contributed by atoms with Gasteiger partial charge in [-0.05, 0) is 61.6 Å². The van der Waals surface area contributed by atoms with Crippen molar-refractivity contribution in [1.29, 1.82) is 0 Å². The molecule has 1 aromatic rings. The van der Waals surface area contributed by atoms with Crippen LogP contribution in [-0.2, 0) is 16.0 Å². The number of rotatable bonds is 7. The number of ether oxygens (including phenoxy) is 4. The lowest BCUT2D eigenvalue weighted by atomic mass is 9.98. The highest BCUT2D eigenvalue weighted by molar-refractivity contribution is 5.70. The van der Waals surface area contributed by atoms with Gasteiger partial charge in [0.2, 0.25) is 5.75 Å². The minimum atomic E-state index is -0.110. The molecule has 0 aliphatic heterocycles. The molecule has 0 radical (unpaired) electrons. The van der Waals surface area contributed by atoms with Gasteiger partial charge in [0.15, 0.2) is 11.5 Å². The van der Waals surface area contributed by atoms with Crippen molar-refractivity contribution in [2.45, 2.75) is 44.6 Å². The molecule has 0 spiro atoms. The van der Waals surface area contributed by atoms with E-state index in [1.165, 1.54) is 19.3 Å². The van der Waals surface area contributed by atoms with Crippen LogP contribution in [0.4, 0.5) is 0 Å². The molecule has 2 aliphatic carbocycles. The van der Waals surface area contributed by atoms with Crippen molar-refractivity contribution in [2.75, 3.05) is 21.3 Å². The maximum Gasteiger partial charge on any atom is 0.306 e. The molecule has 0 amide bonds. The minimum absolute atomic E-state index is 0.110. The Morgan fingerprint density at radius 2 is 1.75 bits per heavy atom. The topological polar surface area (TPSA) is 54.0 Å². The van der Waals surface area contributed by atoms with E-state index in [-0.39, 0.29) is 12.1 Å². The van der Waals surface area contributed by atoms with Crippen molar-refractivity contribution in [2.24, 2.45) is 11.8 Å². The third-order valence-electron chi connectivity index (χ3n) is 5.30. The Bertz CT molecular complexity index is 572. The summed E-state index contributed by atoms with van der Waals surface area (Å²) in [5, 5.41) is 0. The standard InChI is InChI=1S/C19H26O5/c1-21-16-10-13(11-17(22-2)19(16)23-3)5-7-18(20)24-15-9-12-4-6-14(15)8-12/h10-12,14-15H,4-9H2,1-3H3. The molecule has 132 valence electrons. The third kappa shape index (κ3) is 3.45. The number of hydrogen-bond acceptors (Lipinski definition) is 5. The highest BCUT2D eigenvalue weighted by atomic mass is 16.5. The summed E-state index contributed by atoms with van der Waals surface area (Å²) in [5.41, 5.74) is 0.967. The molecule has 2 aliphatic rings. The largest absolute Gasteiger partial charge is 0.493 e. The van der Waals surface area contributed by atoms with Crippen LogP contribution in [-0.4, -0.2) is 33.4 Å². The highest BCUT2D eigenvalue weighted by Gasteiger charge is 2.41. The molecule has 1 aromatic carbocycles. The summed E-state index contributed by atoms with van der Waals surface area (Å²) in [7, 11) is 4.75. The average molecular weight is 334 g/mol. The molecule has 5 nitrogen and oxygen atoms in total.